The van der Waals surface area contributed by atoms with Gasteiger partial charge in [-0.25, -0.2) is 0 Å². The quantitative estimate of drug-likeness (QED) is 0.717. The molecule has 0 aliphatic carbocycles. The van der Waals surface area contributed by atoms with E-state index in [0.29, 0.717) is 11.6 Å². The van der Waals surface area contributed by atoms with Crippen molar-refractivity contribution in [3.63, 3.8) is 0 Å². The van der Waals surface area contributed by atoms with E-state index >= 15 is 0 Å². The third-order valence-corrected chi connectivity index (χ3v) is 2.36. The number of alkyl halides is 1. The Morgan fingerprint density at radius 3 is 2.73 bits per heavy atom. The highest BCUT2D eigenvalue weighted by Crippen LogP contribution is 2.18. The fourth-order valence-electron chi connectivity index (χ4n) is 1.25. The molecular weight excluding hydrogens is 216 g/mol. The van der Waals surface area contributed by atoms with Crippen molar-refractivity contribution < 1.29 is 0 Å². The molecule has 0 bridgehead atoms. The van der Waals surface area contributed by atoms with Gasteiger partial charge in [-0.2, -0.15) is 9.78 Å². The molecule has 2 aromatic heterocycles. The Kier molecular flexibility index (Phi) is 2.44. The fraction of sp³-hybridized carbons (Fsp3) is 0.500. The molecule has 6 nitrogen and oxygen atoms in total. The number of hydrogen-bond acceptors (Lipinski definition) is 4. The van der Waals surface area contributed by atoms with E-state index in [1.807, 2.05) is 27.0 Å². The van der Waals surface area contributed by atoms with E-state index in [2.05, 4.69) is 20.6 Å². The third kappa shape index (κ3) is 1.72. The van der Waals surface area contributed by atoms with E-state index in [9.17, 15) is 0 Å². The van der Waals surface area contributed by atoms with Crippen molar-refractivity contribution in [2.24, 2.45) is 7.05 Å². The normalized spacial score (nSPS) is 13.1. The van der Waals surface area contributed by atoms with Crippen molar-refractivity contribution in [2.75, 3.05) is 0 Å². The number of nitrogens with zero attached hydrogens (tertiary/aromatic N) is 6. The summed E-state index contributed by atoms with van der Waals surface area (Å²) in [5, 5.41) is 15.3. The van der Waals surface area contributed by atoms with E-state index in [1.165, 1.54) is 0 Å². The molecule has 2 rings (SSSR count). The molecule has 2 heterocycles. The molecule has 1 unspecified atom stereocenters. The topological polar surface area (TPSA) is 61.4 Å². The average molecular weight is 227 g/mol. The summed E-state index contributed by atoms with van der Waals surface area (Å²) in [5.74, 6) is 1.28. The summed E-state index contributed by atoms with van der Waals surface area (Å²) < 4.78 is 3.31. The zero-order valence-electron chi connectivity index (χ0n) is 8.72. The maximum absolute atomic E-state index is 5.95. The highest BCUT2D eigenvalue weighted by atomic mass is 35.5. The van der Waals surface area contributed by atoms with Crippen molar-refractivity contribution in [3.05, 3.63) is 17.6 Å². The lowest BCUT2D eigenvalue weighted by molar-refractivity contribution is 0.687. The summed E-state index contributed by atoms with van der Waals surface area (Å²) in [6.45, 7) is 3.78. The highest BCUT2D eigenvalue weighted by Gasteiger charge is 2.15. The molecule has 80 valence electrons. The van der Waals surface area contributed by atoms with Crippen LogP contribution in [0.4, 0.5) is 0 Å². The molecule has 0 radical (unpaired) electrons. The van der Waals surface area contributed by atoms with Crippen LogP contribution < -0.4 is 0 Å². The van der Waals surface area contributed by atoms with Crippen LogP contribution in [0.25, 0.3) is 5.82 Å². The van der Waals surface area contributed by atoms with Gasteiger partial charge in [-0.1, -0.05) is 0 Å². The van der Waals surface area contributed by atoms with E-state index in [0.717, 1.165) is 5.69 Å². The van der Waals surface area contributed by atoms with Crippen molar-refractivity contribution in [1.29, 1.82) is 0 Å². The van der Waals surface area contributed by atoms with Crippen LogP contribution in [0.5, 0.6) is 0 Å². The van der Waals surface area contributed by atoms with Crippen LogP contribution in [0.3, 0.4) is 0 Å². The summed E-state index contributed by atoms with van der Waals surface area (Å²) in [5.41, 5.74) is 1.04. The maximum atomic E-state index is 5.95. The lowest BCUT2D eigenvalue weighted by Crippen LogP contribution is -2.05. The van der Waals surface area contributed by atoms with Crippen molar-refractivity contribution in [1.82, 2.24) is 30.0 Å². The molecule has 2 aromatic rings. The first-order chi connectivity index (χ1) is 7.09. The van der Waals surface area contributed by atoms with Crippen LogP contribution in [0.15, 0.2) is 6.07 Å². The summed E-state index contributed by atoms with van der Waals surface area (Å²) in [4.78, 5) is 0. The Bertz CT molecular complexity index is 452. The molecule has 0 saturated carbocycles. The molecule has 0 N–H and O–H groups in total. The molecule has 0 spiro atoms. The van der Waals surface area contributed by atoms with Crippen molar-refractivity contribution >= 4 is 11.6 Å². The van der Waals surface area contributed by atoms with Crippen LogP contribution in [0.1, 0.15) is 23.8 Å². The van der Waals surface area contributed by atoms with Crippen LogP contribution in [0, 0.1) is 6.92 Å². The second kappa shape index (κ2) is 3.62. The van der Waals surface area contributed by atoms with Gasteiger partial charge in [0.15, 0.2) is 11.6 Å². The van der Waals surface area contributed by atoms with Gasteiger partial charge in [-0.05, 0) is 24.3 Å². The van der Waals surface area contributed by atoms with Gasteiger partial charge >= 0.3 is 0 Å². The standard InChI is InChI=1S/C8H11ClN6/c1-5-4-7(11-14(5)3)15-8(6(2)9)10-12-13-15/h4,6H,1-3H3. The van der Waals surface area contributed by atoms with Gasteiger partial charge in [0, 0.05) is 18.8 Å². The first kappa shape index (κ1) is 10.1. The van der Waals surface area contributed by atoms with Gasteiger partial charge in [0.1, 0.15) is 0 Å². The van der Waals surface area contributed by atoms with Gasteiger partial charge in [0.2, 0.25) is 0 Å². The van der Waals surface area contributed by atoms with Crippen molar-refractivity contribution in [3.8, 4) is 5.82 Å². The first-order valence-corrected chi connectivity index (χ1v) is 4.96. The fourth-order valence-corrected chi connectivity index (χ4v) is 1.39. The van der Waals surface area contributed by atoms with Gasteiger partial charge in [-0.3, -0.25) is 4.68 Å². The third-order valence-electron chi connectivity index (χ3n) is 2.17. The Balaban J connectivity index is 2.49. The zero-order valence-corrected chi connectivity index (χ0v) is 9.47. The minimum absolute atomic E-state index is 0.248. The number of halogens is 1. The average Bonchev–Trinajstić information content (AvgIpc) is 2.73. The molecule has 15 heavy (non-hydrogen) atoms. The van der Waals surface area contributed by atoms with E-state index in [-0.39, 0.29) is 5.38 Å². The van der Waals surface area contributed by atoms with Gasteiger partial charge in [-0.15, -0.1) is 16.7 Å². The van der Waals surface area contributed by atoms with Gasteiger partial charge < -0.3 is 0 Å². The molecule has 0 aliphatic rings. The van der Waals surface area contributed by atoms with Crippen molar-refractivity contribution in [2.45, 2.75) is 19.2 Å². The molecule has 0 aliphatic heterocycles. The van der Waals surface area contributed by atoms with Crippen LogP contribution >= 0.6 is 11.6 Å². The zero-order chi connectivity index (χ0) is 11.0. The molecule has 0 amide bonds. The lowest BCUT2D eigenvalue weighted by Gasteiger charge is -2.01. The molecule has 0 aromatic carbocycles. The summed E-state index contributed by atoms with van der Waals surface area (Å²) in [6.07, 6.45) is 0. The van der Waals surface area contributed by atoms with Crippen LogP contribution in [-0.2, 0) is 7.05 Å². The summed E-state index contributed by atoms with van der Waals surface area (Å²) in [7, 11) is 1.87. The van der Waals surface area contributed by atoms with E-state index < -0.39 is 0 Å². The predicted molar refractivity (Wildman–Crippen MR) is 54.9 cm³/mol. The van der Waals surface area contributed by atoms with E-state index in [1.54, 1.807) is 9.36 Å². The number of aryl methyl sites for hydroxylation is 2. The number of hydrogen-bond donors (Lipinski definition) is 0. The summed E-state index contributed by atoms with van der Waals surface area (Å²) in [6, 6.07) is 1.90. The molecule has 1 atom stereocenters. The first-order valence-electron chi connectivity index (χ1n) is 4.53. The van der Waals surface area contributed by atoms with Gasteiger partial charge in [0.05, 0.1) is 5.38 Å². The summed E-state index contributed by atoms with van der Waals surface area (Å²) >= 11 is 5.95. The van der Waals surface area contributed by atoms with Crippen LogP contribution in [0.2, 0.25) is 0 Å². The Labute approximate surface area is 91.8 Å². The minimum Gasteiger partial charge on any atom is -0.271 e. The molecular formula is C8H11ClN6. The highest BCUT2D eigenvalue weighted by molar-refractivity contribution is 6.20. The molecule has 0 saturated heterocycles. The second-order valence-corrected chi connectivity index (χ2v) is 3.99. The Morgan fingerprint density at radius 1 is 1.47 bits per heavy atom. The number of rotatable bonds is 2. The van der Waals surface area contributed by atoms with E-state index in [4.69, 9.17) is 11.6 Å². The number of tetrazole rings is 1. The lowest BCUT2D eigenvalue weighted by atomic mass is 10.4. The second-order valence-electron chi connectivity index (χ2n) is 3.33. The molecule has 0 fully saturated rings. The largest absolute Gasteiger partial charge is 0.271 e. The Morgan fingerprint density at radius 2 is 2.20 bits per heavy atom. The smallest absolute Gasteiger partial charge is 0.179 e. The number of aromatic nitrogens is 6. The minimum atomic E-state index is -0.248. The molecule has 7 heteroatoms. The SMILES string of the molecule is Cc1cc(-n2nnnc2C(C)Cl)nn1C. The Hall–Kier alpha value is -1.43. The monoisotopic (exact) mass is 226 g/mol. The van der Waals surface area contributed by atoms with Gasteiger partial charge in [0.25, 0.3) is 0 Å². The van der Waals surface area contributed by atoms with Crippen LogP contribution in [-0.4, -0.2) is 30.0 Å². The predicted octanol–water partition coefficient (Wildman–Crippen LogP) is 1.00. The maximum Gasteiger partial charge on any atom is 0.179 e.